The second-order valence-corrected chi connectivity index (χ2v) is 4.35. The number of rotatable bonds is 1. The molecule has 0 unspecified atom stereocenters. The lowest BCUT2D eigenvalue weighted by atomic mass is 10.2. The molecule has 2 aromatic rings. The molecular weight excluding hydrogens is 252 g/mol. The summed E-state index contributed by atoms with van der Waals surface area (Å²) in [4.78, 5) is 10.6. The topological polar surface area (TPSA) is 40.1 Å². The summed E-state index contributed by atoms with van der Waals surface area (Å²) in [7, 11) is 0. The van der Waals surface area contributed by atoms with Crippen LogP contribution < -0.4 is 5.11 Å². The Bertz CT molecular complexity index is 475. The van der Waals surface area contributed by atoms with E-state index in [0.717, 1.165) is 14.6 Å². The van der Waals surface area contributed by atoms with Crippen molar-refractivity contribution >= 4 is 43.3 Å². The number of benzene rings is 1. The van der Waals surface area contributed by atoms with Gasteiger partial charge in [-0.05, 0) is 33.6 Å². The summed E-state index contributed by atoms with van der Waals surface area (Å²) in [5.41, 5.74) is 0.214. The number of hydrogen-bond acceptors (Lipinski definition) is 3. The maximum atomic E-state index is 10.6. The smallest absolute Gasteiger partial charge is 0.0715 e. The third-order valence-electron chi connectivity index (χ3n) is 1.76. The lowest BCUT2D eigenvalue weighted by Crippen LogP contribution is -2.21. The minimum atomic E-state index is -1.14. The maximum Gasteiger partial charge on any atom is 0.0715 e. The van der Waals surface area contributed by atoms with Crippen LogP contribution in [0, 0.1) is 0 Å². The van der Waals surface area contributed by atoms with Crippen molar-refractivity contribution in [2.24, 2.45) is 0 Å². The highest BCUT2D eigenvalue weighted by molar-refractivity contribution is 9.10. The van der Waals surface area contributed by atoms with Crippen molar-refractivity contribution in [1.29, 1.82) is 0 Å². The average molecular weight is 256 g/mol. The number of thiophene rings is 1. The zero-order valence-corrected chi connectivity index (χ0v) is 8.81. The van der Waals surface area contributed by atoms with E-state index < -0.39 is 5.97 Å². The highest BCUT2D eigenvalue weighted by Gasteiger charge is 2.02. The van der Waals surface area contributed by atoms with Crippen molar-refractivity contribution in [3.63, 3.8) is 0 Å². The summed E-state index contributed by atoms with van der Waals surface area (Å²) in [5, 5.41) is 13.4. The van der Waals surface area contributed by atoms with Crippen molar-refractivity contribution in [2.75, 3.05) is 0 Å². The molecule has 0 saturated carbocycles. The van der Waals surface area contributed by atoms with Crippen LogP contribution in [0.25, 0.3) is 10.1 Å². The second-order valence-electron chi connectivity index (χ2n) is 2.58. The Morgan fingerprint density at radius 1 is 1.46 bits per heavy atom. The van der Waals surface area contributed by atoms with Gasteiger partial charge in [0.1, 0.15) is 0 Å². The molecule has 66 valence electrons. The highest BCUT2D eigenvalue weighted by atomic mass is 79.9. The molecule has 2 nitrogen and oxygen atoms in total. The molecule has 4 heteroatoms. The number of carboxylic acids is 1. The van der Waals surface area contributed by atoms with Gasteiger partial charge in [0, 0.05) is 19.9 Å². The fourth-order valence-electron chi connectivity index (χ4n) is 1.13. The minimum Gasteiger partial charge on any atom is -0.545 e. The Hall–Kier alpha value is -0.870. The van der Waals surface area contributed by atoms with Gasteiger partial charge in [-0.15, -0.1) is 11.3 Å². The lowest BCUT2D eigenvalue weighted by Gasteiger charge is -2.01. The van der Waals surface area contributed by atoms with Gasteiger partial charge in [0.15, 0.2) is 0 Å². The molecule has 0 saturated heterocycles. The van der Waals surface area contributed by atoms with E-state index in [9.17, 15) is 9.90 Å². The van der Waals surface area contributed by atoms with Crippen molar-refractivity contribution < 1.29 is 9.90 Å². The van der Waals surface area contributed by atoms with Crippen LogP contribution >= 0.6 is 27.3 Å². The van der Waals surface area contributed by atoms with Gasteiger partial charge in [-0.1, -0.05) is 6.07 Å². The molecule has 0 radical (unpaired) electrons. The van der Waals surface area contributed by atoms with Gasteiger partial charge in [0.2, 0.25) is 0 Å². The number of carbonyl (C=O) groups excluding carboxylic acids is 1. The summed E-state index contributed by atoms with van der Waals surface area (Å²) in [5.74, 6) is -1.14. The third-order valence-corrected chi connectivity index (χ3v) is 3.68. The van der Waals surface area contributed by atoms with E-state index >= 15 is 0 Å². The molecule has 0 N–H and O–H groups in total. The fourth-order valence-corrected chi connectivity index (χ4v) is 2.66. The maximum absolute atomic E-state index is 10.6. The van der Waals surface area contributed by atoms with Crippen molar-refractivity contribution in [3.05, 3.63) is 33.6 Å². The van der Waals surface area contributed by atoms with Gasteiger partial charge in [-0.2, -0.15) is 0 Å². The van der Waals surface area contributed by atoms with E-state index in [1.54, 1.807) is 29.5 Å². The van der Waals surface area contributed by atoms with Crippen LogP contribution in [0.15, 0.2) is 28.1 Å². The number of fused-ring (bicyclic) bond motifs is 1. The van der Waals surface area contributed by atoms with E-state index in [1.165, 1.54) is 0 Å². The van der Waals surface area contributed by atoms with Crippen LogP contribution in [-0.2, 0) is 0 Å². The molecule has 2 rings (SSSR count). The van der Waals surface area contributed by atoms with Crippen molar-refractivity contribution in [2.45, 2.75) is 0 Å². The molecule has 0 atom stereocenters. The van der Waals surface area contributed by atoms with Crippen LogP contribution in [0.3, 0.4) is 0 Å². The molecule has 0 aliphatic carbocycles. The Balaban J connectivity index is 2.72. The van der Waals surface area contributed by atoms with E-state index in [1.807, 2.05) is 5.38 Å². The molecule has 0 aliphatic heterocycles. The Morgan fingerprint density at radius 3 is 2.92 bits per heavy atom. The van der Waals surface area contributed by atoms with Crippen molar-refractivity contribution in [3.8, 4) is 0 Å². The zero-order valence-electron chi connectivity index (χ0n) is 6.41. The minimum absolute atomic E-state index is 0.214. The van der Waals surface area contributed by atoms with Crippen LogP contribution in [0.4, 0.5) is 0 Å². The second kappa shape index (κ2) is 3.12. The van der Waals surface area contributed by atoms with Crippen LogP contribution in [0.5, 0.6) is 0 Å². The van der Waals surface area contributed by atoms with E-state index in [0.29, 0.717) is 0 Å². The summed E-state index contributed by atoms with van der Waals surface area (Å²) < 4.78 is 1.99. The molecule has 1 heterocycles. The first-order chi connectivity index (χ1) is 6.18. The molecule has 0 amide bonds. The van der Waals surface area contributed by atoms with Gasteiger partial charge in [0.05, 0.1) is 5.97 Å². The molecule has 0 bridgehead atoms. The van der Waals surface area contributed by atoms with Crippen LogP contribution in [0.2, 0.25) is 0 Å². The Labute approximate surface area is 86.9 Å². The van der Waals surface area contributed by atoms with Gasteiger partial charge in [0.25, 0.3) is 0 Å². The van der Waals surface area contributed by atoms with Crippen LogP contribution in [0.1, 0.15) is 10.4 Å². The largest absolute Gasteiger partial charge is 0.545 e. The van der Waals surface area contributed by atoms with E-state index in [4.69, 9.17) is 0 Å². The molecular formula is C9H4BrO2S-. The monoisotopic (exact) mass is 255 g/mol. The van der Waals surface area contributed by atoms with Gasteiger partial charge < -0.3 is 9.90 Å². The quantitative estimate of drug-likeness (QED) is 0.783. The molecule has 1 aromatic carbocycles. The fraction of sp³-hybridized carbons (Fsp3) is 0. The first-order valence-corrected chi connectivity index (χ1v) is 5.24. The molecule has 0 spiro atoms. The average Bonchev–Trinajstić information content (AvgIpc) is 2.47. The van der Waals surface area contributed by atoms with E-state index in [2.05, 4.69) is 15.9 Å². The number of carboxylic acid groups (broad SMARTS) is 1. The lowest BCUT2D eigenvalue weighted by molar-refractivity contribution is -0.255. The summed E-state index contributed by atoms with van der Waals surface area (Å²) in [6.45, 7) is 0. The van der Waals surface area contributed by atoms with Gasteiger partial charge in [-0.3, -0.25) is 0 Å². The van der Waals surface area contributed by atoms with Gasteiger partial charge in [-0.25, -0.2) is 0 Å². The molecule has 1 aromatic heterocycles. The predicted octanol–water partition coefficient (Wildman–Crippen LogP) is 2.03. The standard InChI is InChI=1S/C9H5BrO2S/c10-7-4-13-8-2-1-5(9(11)12)3-6(7)8/h1-4H,(H,11,12)/p-1. The predicted molar refractivity (Wildman–Crippen MR) is 53.9 cm³/mol. The Morgan fingerprint density at radius 2 is 2.23 bits per heavy atom. The third kappa shape index (κ3) is 1.47. The zero-order chi connectivity index (χ0) is 9.42. The van der Waals surface area contributed by atoms with Crippen LogP contribution in [-0.4, -0.2) is 5.97 Å². The van der Waals surface area contributed by atoms with Crippen molar-refractivity contribution in [1.82, 2.24) is 0 Å². The number of aromatic carboxylic acids is 1. The molecule has 0 fully saturated rings. The first-order valence-electron chi connectivity index (χ1n) is 3.56. The number of halogens is 1. The number of carbonyl (C=O) groups is 1. The summed E-state index contributed by atoms with van der Waals surface area (Å²) in [6, 6.07) is 4.96. The summed E-state index contributed by atoms with van der Waals surface area (Å²) in [6.07, 6.45) is 0. The molecule has 13 heavy (non-hydrogen) atoms. The molecule has 0 aliphatic rings. The first kappa shape index (κ1) is 8.72. The normalized spacial score (nSPS) is 10.5. The Kier molecular flexibility index (Phi) is 2.09. The summed E-state index contributed by atoms with van der Waals surface area (Å²) >= 11 is 4.92. The van der Waals surface area contributed by atoms with E-state index in [-0.39, 0.29) is 5.56 Å². The number of hydrogen-bond donors (Lipinski definition) is 0. The SMILES string of the molecule is O=C([O-])c1ccc2scc(Br)c2c1. The van der Waals surface area contributed by atoms with Gasteiger partial charge >= 0.3 is 0 Å². The highest BCUT2D eigenvalue weighted by Crippen LogP contribution is 2.30.